The number of rotatable bonds is 6. The molecule has 0 saturated carbocycles. The van der Waals surface area contributed by atoms with E-state index in [2.05, 4.69) is 0 Å². The molecule has 0 spiro atoms. The number of nitrogens with two attached hydrogens (primary N) is 1. The summed E-state index contributed by atoms with van der Waals surface area (Å²) in [4.78, 5) is 12.2. The summed E-state index contributed by atoms with van der Waals surface area (Å²) in [5.74, 6) is -0.652. The quantitative estimate of drug-likeness (QED) is 0.736. The van der Waals surface area contributed by atoms with Crippen molar-refractivity contribution in [1.82, 2.24) is 4.90 Å². The van der Waals surface area contributed by atoms with Crippen molar-refractivity contribution >= 4 is 5.91 Å². The fraction of sp³-hybridized carbons (Fsp3) is 0.900. The summed E-state index contributed by atoms with van der Waals surface area (Å²) in [6.45, 7) is 1.40. The maximum absolute atomic E-state index is 12.2. The molecule has 0 aromatic heterocycles. The Kier molecular flexibility index (Phi) is 6.48. The molecule has 0 rings (SSSR count). The highest BCUT2D eigenvalue weighted by molar-refractivity contribution is 5.81. The number of hydrogen-bond donors (Lipinski definition) is 2. The lowest BCUT2D eigenvalue weighted by Gasteiger charge is -2.26. The van der Waals surface area contributed by atoms with Crippen LogP contribution in [0.3, 0.4) is 0 Å². The van der Waals surface area contributed by atoms with Crippen LogP contribution in [-0.4, -0.2) is 47.8 Å². The molecule has 7 heteroatoms. The zero-order chi connectivity index (χ0) is 13.6. The highest BCUT2D eigenvalue weighted by Gasteiger charge is 2.34. The van der Waals surface area contributed by atoms with Gasteiger partial charge in [0.15, 0.2) is 0 Å². The van der Waals surface area contributed by atoms with E-state index in [-0.39, 0.29) is 12.5 Å². The molecule has 0 bridgehead atoms. The molecule has 0 aliphatic rings. The Morgan fingerprint density at radius 3 is 2.29 bits per heavy atom. The van der Waals surface area contributed by atoms with Crippen molar-refractivity contribution < 1.29 is 23.1 Å². The van der Waals surface area contributed by atoms with Gasteiger partial charge in [-0.1, -0.05) is 13.8 Å². The summed E-state index contributed by atoms with van der Waals surface area (Å²) in [6.07, 6.45) is -4.17. The maximum atomic E-state index is 12.2. The SMILES string of the molecule is CC(C)C[C@@H](N)C(=O)N(CCO)CC(F)(F)F. The highest BCUT2D eigenvalue weighted by Crippen LogP contribution is 2.17. The Balaban J connectivity index is 4.53. The fourth-order valence-electron chi connectivity index (χ4n) is 1.45. The average molecular weight is 256 g/mol. The summed E-state index contributed by atoms with van der Waals surface area (Å²) < 4.78 is 36.6. The molecule has 0 radical (unpaired) electrons. The van der Waals surface area contributed by atoms with E-state index in [1.54, 1.807) is 0 Å². The lowest BCUT2D eigenvalue weighted by atomic mass is 10.0. The number of carbonyl (C=O) groups is 1. The molecule has 1 amide bonds. The van der Waals surface area contributed by atoms with Gasteiger partial charge in [0.25, 0.3) is 0 Å². The van der Waals surface area contributed by atoms with E-state index in [4.69, 9.17) is 10.8 Å². The number of carbonyl (C=O) groups excluding carboxylic acids is 1. The molecule has 0 unspecified atom stereocenters. The molecule has 0 aliphatic carbocycles. The third-order valence-corrected chi connectivity index (χ3v) is 2.09. The van der Waals surface area contributed by atoms with E-state index in [9.17, 15) is 18.0 Å². The maximum Gasteiger partial charge on any atom is 0.406 e. The first-order valence-corrected chi connectivity index (χ1v) is 5.39. The smallest absolute Gasteiger partial charge is 0.395 e. The van der Waals surface area contributed by atoms with Crippen LogP contribution in [0.25, 0.3) is 0 Å². The van der Waals surface area contributed by atoms with Crippen LogP contribution in [0.2, 0.25) is 0 Å². The van der Waals surface area contributed by atoms with Crippen LogP contribution in [0.15, 0.2) is 0 Å². The van der Waals surface area contributed by atoms with E-state index >= 15 is 0 Å². The molecule has 1 atom stereocenters. The van der Waals surface area contributed by atoms with Gasteiger partial charge in [0.05, 0.1) is 12.6 Å². The van der Waals surface area contributed by atoms with E-state index in [1.807, 2.05) is 13.8 Å². The van der Waals surface area contributed by atoms with E-state index in [1.165, 1.54) is 0 Å². The van der Waals surface area contributed by atoms with Crippen LogP contribution in [0.1, 0.15) is 20.3 Å². The van der Waals surface area contributed by atoms with E-state index in [0.717, 1.165) is 0 Å². The van der Waals surface area contributed by atoms with Gasteiger partial charge in [0.1, 0.15) is 6.54 Å². The first-order valence-electron chi connectivity index (χ1n) is 5.39. The molecule has 0 aliphatic heterocycles. The number of aliphatic hydroxyl groups excluding tert-OH is 1. The van der Waals surface area contributed by atoms with Crippen LogP contribution in [0, 0.1) is 5.92 Å². The molecule has 0 saturated heterocycles. The van der Waals surface area contributed by atoms with Crippen molar-refractivity contribution in [3.05, 3.63) is 0 Å². The number of alkyl halides is 3. The molecule has 0 fully saturated rings. The summed E-state index contributed by atoms with van der Waals surface area (Å²) in [6, 6.07) is -0.955. The fourth-order valence-corrected chi connectivity index (χ4v) is 1.45. The van der Waals surface area contributed by atoms with Gasteiger partial charge >= 0.3 is 6.18 Å². The average Bonchev–Trinajstić information content (AvgIpc) is 2.12. The van der Waals surface area contributed by atoms with Crippen molar-refractivity contribution in [2.45, 2.75) is 32.5 Å². The zero-order valence-corrected chi connectivity index (χ0v) is 10.00. The van der Waals surface area contributed by atoms with Crippen molar-refractivity contribution in [3.8, 4) is 0 Å². The number of halogens is 3. The van der Waals surface area contributed by atoms with Gasteiger partial charge in [-0.05, 0) is 12.3 Å². The van der Waals surface area contributed by atoms with Crippen LogP contribution >= 0.6 is 0 Å². The first-order chi connectivity index (χ1) is 7.67. The Morgan fingerprint density at radius 1 is 1.41 bits per heavy atom. The highest BCUT2D eigenvalue weighted by atomic mass is 19.4. The topological polar surface area (TPSA) is 66.6 Å². The summed E-state index contributed by atoms with van der Waals surface area (Å²) >= 11 is 0. The van der Waals surface area contributed by atoms with Gasteiger partial charge in [-0.2, -0.15) is 13.2 Å². The molecule has 17 heavy (non-hydrogen) atoms. The zero-order valence-electron chi connectivity index (χ0n) is 10.00. The molecule has 0 heterocycles. The minimum Gasteiger partial charge on any atom is -0.395 e. The minimum atomic E-state index is -4.48. The number of hydrogen-bond acceptors (Lipinski definition) is 3. The third kappa shape index (κ3) is 7.17. The van der Waals surface area contributed by atoms with Crippen LogP contribution in [0.4, 0.5) is 13.2 Å². The van der Waals surface area contributed by atoms with E-state index in [0.29, 0.717) is 11.3 Å². The number of nitrogens with zero attached hydrogens (tertiary/aromatic N) is 1. The van der Waals surface area contributed by atoms with Gasteiger partial charge in [-0.3, -0.25) is 4.79 Å². The Morgan fingerprint density at radius 2 is 1.94 bits per heavy atom. The Bertz CT molecular complexity index is 244. The third-order valence-electron chi connectivity index (χ3n) is 2.09. The van der Waals surface area contributed by atoms with E-state index < -0.39 is 31.3 Å². The molecule has 102 valence electrons. The second kappa shape index (κ2) is 6.80. The van der Waals surface area contributed by atoms with Gasteiger partial charge in [-0.25, -0.2) is 0 Å². The summed E-state index contributed by atoms with van der Waals surface area (Å²) in [7, 11) is 0. The largest absolute Gasteiger partial charge is 0.406 e. The van der Waals surface area contributed by atoms with Crippen LogP contribution in [-0.2, 0) is 4.79 Å². The Labute approximate surface area is 98.6 Å². The first kappa shape index (κ1) is 16.2. The van der Waals surface area contributed by atoms with Gasteiger partial charge in [0.2, 0.25) is 5.91 Å². The second-order valence-electron chi connectivity index (χ2n) is 4.33. The molecule has 0 aromatic rings. The molecule has 3 N–H and O–H groups in total. The molecule has 4 nitrogen and oxygen atoms in total. The second-order valence-corrected chi connectivity index (χ2v) is 4.33. The van der Waals surface area contributed by atoms with Gasteiger partial charge in [0, 0.05) is 6.54 Å². The van der Waals surface area contributed by atoms with Crippen molar-refractivity contribution in [1.29, 1.82) is 0 Å². The lowest BCUT2D eigenvalue weighted by Crippen LogP contribution is -2.48. The van der Waals surface area contributed by atoms with Crippen molar-refractivity contribution in [3.63, 3.8) is 0 Å². The van der Waals surface area contributed by atoms with Gasteiger partial charge in [-0.15, -0.1) is 0 Å². The summed E-state index contributed by atoms with van der Waals surface area (Å²) in [5, 5.41) is 8.64. The van der Waals surface area contributed by atoms with Gasteiger partial charge < -0.3 is 15.7 Å². The normalized spacial score (nSPS) is 13.9. The van der Waals surface area contributed by atoms with Crippen LogP contribution in [0.5, 0.6) is 0 Å². The molecular weight excluding hydrogens is 237 g/mol. The lowest BCUT2D eigenvalue weighted by molar-refractivity contribution is -0.163. The van der Waals surface area contributed by atoms with Crippen LogP contribution < -0.4 is 5.73 Å². The number of amides is 1. The van der Waals surface area contributed by atoms with Crippen molar-refractivity contribution in [2.75, 3.05) is 19.7 Å². The summed E-state index contributed by atoms with van der Waals surface area (Å²) in [5.41, 5.74) is 5.53. The standard InChI is InChI=1S/C10H19F3N2O2/c1-7(2)5-8(14)9(17)15(3-4-16)6-10(11,12)13/h7-8,16H,3-6,14H2,1-2H3/t8-/m1/s1. The number of aliphatic hydroxyl groups is 1. The predicted octanol–water partition coefficient (Wildman–Crippen LogP) is 0.743. The Hall–Kier alpha value is -0.820. The molecule has 0 aromatic carbocycles. The monoisotopic (exact) mass is 256 g/mol. The minimum absolute atomic E-state index is 0.121. The molecular formula is C10H19F3N2O2. The predicted molar refractivity (Wildman–Crippen MR) is 57.2 cm³/mol. The van der Waals surface area contributed by atoms with Crippen molar-refractivity contribution in [2.24, 2.45) is 11.7 Å².